The standard InChI is InChI=1S/C30H20N6O7/c1-17-3-5-21(15-25(17)35(37)38)29-33-31-27(42-29)19-7-11-23(12-8-19)41-24-13-9-20(10-14-24)28-32-34-30(43-28)22-6-4-18(2)26(16-22)36(39)40/h3-16H,1-2H3. The van der Waals surface area contributed by atoms with Crippen molar-refractivity contribution in [2.75, 3.05) is 0 Å². The van der Waals surface area contributed by atoms with Gasteiger partial charge in [-0.2, -0.15) is 0 Å². The lowest BCUT2D eigenvalue weighted by molar-refractivity contribution is -0.385. The SMILES string of the molecule is Cc1ccc(-c2nnc(-c3ccc(Oc4ccc(-c5nnc(-c6ccc(C)c([N+](=O)[O-])c6)o5)cc4)cc3)o2)cc1[N+](=O)[O-]. The molecule has 0 fully saturated rings. The first-order valence-corrected chi connectivity index (χ1v) is 12.8. The molecule has 0 spiro atoms. The molecular weight excluding hydrogens is 556 g/mol. The molecule has 0 saturated carbocycles. The first-order valence-electron chi connectivity index (χ1n) is 12.8. The summed E-state index contributed by atoms with van der Waals surface area (Å²) in [5, 5.41) is 38.7. The van der Waals surface area contributed by atoms with Crippen LogP contribution in [-0.2, 0) is 0 Å². The summed E-state index contributed by atoms with van der Waals surface area (Å²) >= 11 is 0. The predicted octanol–water partition coefficient (Wildman–Crippen LogP) is 7.35. The normalized spacial score (nSPS) is 10.9. The van der Waals surface area contributed by atoms with E-state index in [4.69, 9.17) is 13.6 Å². The van der Waals surface area contributed by atoms with Crippen LogP contribution < -0.4 is 4.74 Å². The van der Waals surface area contributed by atoms with Crippen molar-refractivity contribution in [2.45, 2.75) is 13.8 Å². The van der Waals surface area contributed by atoms with Crippen LogP contribution in [0, 0.1) is 34.1 Å². The fourth-order valence-electron chi connectivity index (χ4n) is 4.26. The van der Waals surface area contributed by atoms with Crippen molar-refractivity contribution in [2.24, 2.45) is 0 Å². The highest BCUT2D eigenvalue weighted by molar-refractivity contribution is 5.64. The smallest absolute Gasteiger partial charge is 0.273 e. The van der Waals surface area contributed by atoms with Crippen LogP contribution in [0.1, 0.15) is 11.1 Å². The van der Waals surface area contributed by atoms with E-state index in [-0.39, 0.29) is 34.9 Å². The predicted molar refractivity (Wildman–Crippen MR) is 153 cm³/mol. The van der Waals surface area contributed by atoms with Crippen LogP contribution in [0.5, 0.6) is 11.5 Å². The number of nitro benzene ring substituents is 2. The Balaban J connectivity index is 1.13. The highest BCUT2D eigenvalue weighted by Gasteiger charge is 2.18. The lowest BCUT2D eigenvalue weighted by Crippen LogP contribution is -1.92. The van der Waals surface area contributed by atoms with Gasteiger partial charge in [-0.3, -0.25) is 20.2 Å². The van der Waals surface area contributed by atoms with E-state index in [0.29, 0.717) is 44.9 Å². The van der Waals surface area contributed by atoms with E-state index >= 15 is 0 Å². The molecule has 13 heteroatoms. The summed E-state index contributed by atoms with van der Waals surface area (Å²) < 4.78 is 17.5. The third-order valence-corrected chi connectivity index (χ3v) is 6.59. The molecule has 4 aromatic carbocycles. The Bertz CT molecular complexity index is 1840. The first-order chi connectivity index (χ1) is 20.7. The number of rotatable bonds is 8. The molecular formula is C30H20N6O7. The Morgan fingerprint density at radius 3 is 1.21 bits per heavy atom. The molecule has 13 nitrogen and oxygen atoms in total. The highest BCUT2D eigenvalue weighted by atomic mass is 16.6. The van der Waals surface area contributed by atoms with E-state index in [9.17, 15) is 20.2 Å². The second-order valence-corrected chi connectivity index (χ2v) is 9.49. The van der Waals surface area contributed by atoms with Crippen LogP contribution in [0.15, 0.2) is 93.8 Å². The number of nitrogens with zero attached hydrogens (tertiary/aromatic N) is 6. The van der Waals surface area contributed by atoms with Crippen molar-refractivity contribution in [3.8, 4) is 57.3 Å². The van der Waals surface area contributed by atoms with Crippen LogP contribution in [0.3, 0.4) is 0 Å². The van der Waals surface area contributed by atoms with Gasteiger partial charge in [-0.05, 0) is 74.5 Å². The Morgan fingerprint density at radius 1 is 0.535 bits per heavy atom. The minimum absolute atomic E-state index is 0.0239. The summed E-state index contributed by atoms with van der Waals surface area (Å²) in [7, 11) is 0. The molecule has 0 N–H and O–H groups in total. The maximum absolute atomic E-state index is 11.3. The van der Waals surface area contributed by atoms with Crippen LogP contribution in [0.4, 0.5) is 11.4 Å². The number of benzene rings is 4. The lowest BCUT2D eigenvalue weighted by atomic mass is 10.1. The van der Waals surface area contributed by atoms with Gasteiger partial charge in [-0.1, -0.05) is 12.1 Å². The fraction of sp³-hybridized carbons (Fsp3) is 0.0667. The van der Waals surface area contributed by atoms with Gasteiger partial charge in [0.2, 0.25) is 23.6 Å². The van der Waals surface area contributed by atoms with E-state index in [2.05, 4.69) is 20.4 Å². The molecule has 0 saturated heterocycles. The molecule has 6 rings (SSSR count). The number of hydrogen-bond acceptors (Lipinski definition) is 11. The zero-order valence-electron chi connectivity index (χ0n) is 22.6. The number of aromatic nitrogens is 4. The van der Waals surface area contributed by atoms with E-state index in [1.54, 1.807) is 86.6 Å². The molecule has 2 aromatic heterocycles. The molecule has 212 valence electrons. The van der Waals surface area contributed by atoms with Crippen LogP contribution in [0.25, 0.3) is 45.8 Å². The molecule has 43 heavy (non-hydrogen) atoms. The highest BCUT2D eigenvalue weighted by Crippen LogP contribution is 2.32. The van der Waals surface area contributed by atoms with Crippen LogP contribution in [-0.4, -0.2) is 30.2 Å². The van der Waals surface area contributed by atoms with Crippen molar-refractivity contribution < 1.29 is 23.4 Å². The van der Waals surface area contributed by atoms with Gasteiger partial charge >= 0.3 is 0 Å². The summed E-state index contributed by atoms with van der Waals surface area (Å²) in [5.41, 5.74) is 3.23. The van der Waals surface area contributed by atoms with Gasteiger partial charge in [-0.15, -0.1) is 20.4 Å². The molecule has 0 radical (unpaired) electrons. The van der Waals surface area contributed by atoms with Crippen LogP contribution in [0.2, 0.25) is 0 Å². The Hall–Kier alpha value is -6.24. The minimum atomic E-state index is -0.451. The zero-order valence-corrected chi connectivity index (χ0v) is 22.6. The van der Waals surface area contributed by atoms with Gasteiger partial charge in [0.05, 0.1) is 9.85 Å². The number of nitro groups is 2. The third kappa shape index (κ3) is 5.54. The molecule has 0 atom stereocenters. The second kappa shape index (κ2) is 11.0. The quantitative estimate of drug-likeness (QED) is 0.131. The van der Waals surface area contributed by atoms with Crippen molar-refractivity contribution in [3.05, 3.63) is 116 Å². The second-order valence-electron chi connectivity index (χ2n) is 9.49. The molecule has 0 amide bonds. The third-order valence-electron chi connectivity index (χ3n) is 6.59. The fourth-order valence-corrected chi connectivity index (χ4v) is 4.26. The van der Waals surface area contributed by atoms with Gasteiger partial charge in [0, 0.05) is 45.5 Å². The van der Waals surface area contributed by atoms with Crippen molar-refractivity contribution >= 4 is 11.4 Å². The number of ether oxygens (including phenoxy) is 1. The molecule has 0 bridgehead atoms. The van der Waals surface area contributed by atoms with Gasteiger partial charge in [-0.25, -0.2) is 0 Å². The summed E-state index contributed by atoms with van der Waals surface area (Å²) in [6.07, 6.45) is 0. The summed E-state index contributed by atoms with van der Waals surface area (Å²) in [5.74, 6) is 1.98. The van der Waals surface area contributed by atoms with Gasteiger partial charge in [0.25, 0.3) is 11.4 Å². The Morgan fingerprint density at radius 2 is 0.860 bits per heavy atom. The van der Waals surface area contributed by atoms with Crippen molar-refractivity contribution in [1.82, 2.24) is 20.4 Å². The topological polar surface area (TPSA) is 173 Å². The first kappa shape index (κ1) is 27.0. The molecule has 6 aromatic rings. The lowest BCUT2D eigenvalue weighted by Gasteiger charge is -2.06. The maximum atomic E-state index is 11.3. The van der Waals surface area contributed by atoms with Gasteiger partial charge in [0.1, 0.15) is 11.5 Å². The molecule has 0 aliphatic heterocycles. The molecule has 2 heterocycles. The largest absolute Gasteiger partial charge is 0.457 e. The molecule has 0 aliphatic carbocycles. The van der Waals surface area contributed by atoms with Gasteiger partial charge in [0.15, 0.2) is 0 Å². The monoisotopic (exact) mass is 576 g/mol. The zero-order chi connectivity index (χ0) is 30.1. The molecule has 0 unspecified atom stereocenters. The van der Waals surface area contributed by atoms with E-state index in [0.717, 1.165) is 0 Å². The minimum Gasteiger partial charge on any atom is -0.457 e. The average molecular weight is 577 g/mol. The average Bonchev–Trinajstić information content (AvgIpc) is 3.69. The summed E-state index contributed by atoms with van der Waals surface area (Å²) in [6, 6.07) is 23.5. The number of hydrogen-bond donors (Lipinski definition) is 0. The molecule has 0 aliphatic rings. The summed E-state index contributed by atoms with van der Waals surface area (Å²) in [4.78, 5) is 21.6. The van der Waals surface area contributed by atoms with Crippen molar-refractivity contribution in [3.63, 3.8) is 0 Å². The van der Waals surface area contributed by atoms with Crippen molar-refractivity contribution in [1.29, 1.82) is 0 Å². The van der Waals surface area contributed by atoms with E-state index in [1.165, 1.54) is 12.1 Å². The maximum Gasteiger partial charge on any atom is 0.273 e. The Kier molecular flexibility index (Phi) is 6.88. The van der Waals surface area contributed by atoms with E-state index in [1.807, 2.05) is 0 Å². The Labute approximate surface area is 242 Å². The summed E-state index contributed by atoms with van der Waals surface area (Å²) in [6.45, 7) is 3.32. The number of aryl methyl sites for hydroxylation is 2. The van der Waals surface area contributed by atoms with Gasteiger partial charge < -0.3 is 13.6 Å². The van der Waals surface area contributed by atoms with E-state index < -0.39 is 9.85 Å². The van der Waals surface area contributed by atoms with Crippen LogP contribution >= 0.6 is 0 Å².